The second-order valence-corrected chi connectivity index (χ2v) is 12.5. The standard InChI is InChI=1S/C24H18Br2N2O4S2/c25-19-5-13-23(14-6-19)33(29,30)27-21-9-1-17(2-10-21)18-3-11-22(12-4-18)28-34(31,32)24-15-7-20(26)8-16-24/h1-16,27-28H. The van der Waals surface area contributed by atoms with E-state index in [4.69, 9.17) is 0 Å². The first-order valence-corrected chi connectivity index (χ1v) is 14.4. The smallest absolute Gasteiger partial charge is 0.261 e. The molecule has 0 amide bonds. The summed E-state index contributed by atoms with van der Waals surface area (Å²) in [5.41, 5.74) is 2.58. The van der Waals surface area contributed by atoms with Crippen LogP contribution >= 0.6 is 31.9 Å². The number of anilines is 2. The van der Waals surface area contributed by atoms with E-state index in [1.54, 1.807) is 72.8 Å². The number of rotatable bonds is 7. The Morgan fingerprint density at radius 2 is 0.735 bits per heavy atom. The van der Waals surface area contributed by atoms with E-state index < -0.39 is 20.0 Å². The van der Waals surface area contributed by atoms with Crippen LogP contribution in [0.15, 0.2) is 116 Å². The summed E-state index contributed by atoms with van der Waals surface area (Å²) in [6, 6.07) is 26.6. The Balaban J connectivity index is 1.46. The van der Waals surface area contributed by atoms with Gasteiger partial charge in [0.2, 0.25) is 0 Å². The van der Waals surface area contributed by atoms with Gasteiger partial charge in [-0.1, -0.05) is 56.1 Å². The molecule has 0 atom stereocenters. The van der Waals surface area contributed by atoms with Crippen LogP contribution in [0.4, 0.5) is 11.4 Å². The third kappa shape index (κ3) is 5.87. The Hall–Kier alpha value is -2.66. The number of nitrogens with one attached hydrogen (secondary N) is 2. The van der Waals surface area contributed by atoms with Gasteiger partial charge in [0.1, 0.15) is 0 Å². The predicted octanol–water partition coefficient (Wildman–Crippen LogP) is 6.48. The highest BCUT2D eigenvalue weighted by molar-refractivity contribution is 9.10. The highest BCUT2D eigenvalue weighted by Crippen LogP contribution is 2.26. The van der Waals surface area contributed by atoms with Gasteiger partial charge in [-0.15, -0.1) is 0 Å². The average molecular weight is 622 g/mol. The second kappa shape index (κ2) is 9.91. The Kier molecular flexibility index (Phi) is 7.13. The molecule has 174 valence electrons. The molecule has 4 aromatic carbocycles. The van der Waals surface area contributed by atoms with Crippen LogP contribution in [-0.2, 0) is 20.0 Å². The summed E-state index contributed by atoms with van der Waals surface area (Å²) < 4.78 is 56.9. The van der Waals surface area contributed by atoms with E-state index in [2.05, 4.69) is 41.3 Å². The molecule has 0 unspecified atom stereocenters. The summed E-state index contributed by atoms with van der Waals surface area (Å²) >= 11 is 6.58. The van der Waals surface area contributed by atoms with Crippen LogP contribution in [0.3, 0.4) is 0 Å². The molecule has 6 nitrogen and oxygen atoms in total. The molecule has 0 aromatic heterocycles. The molecule has 0 aliphatic rings. The molecule has 0 bridgehead atoms. The van der Waals surface area contributed by atoms with E-state index >= 15 is 0 Å². The van der Waals surface area contributed by atoms with Crippen LogP contribution in [0, 0.1) is 0 Å². The summed E-state index contributed by atoms with van der Waals surface area (Å²) in [4.78, 5) is 0.335. The van der Waals surface area contributed by atoms with E-state index in [9.17, 15) is 16.8 Å². The zero-order valence-corrected chi connectivity index (χ0v) is 22.2. The van der Waals surface area contributed by atoms with Crippen molar-refractivity contribution >= 4 is 63.3 Å². The monoisotopic (exact) mass is 620 g/mol. The van der Waals surface area contributed by atoms with Crippen LogP contribution in [0.25, 0.3) is 11.1 Å². The lowest BCUT2D eigenvalue weighted by molar-refractivity contribution is 0.599. The topological polar surface area (TPSA) is 92.3 Å². The van der Waals surface area contributed by atoms with Crippen LogP contribution in [0.1, 0.15) is 0 Å². The largest absolute Gasteiger partial charge is 0.280 e. The molecule has 34 heavy (non-hydrogen) atoms. The molecule has 0 aliphatic heterocycles. The zero-order chi connectivity index (χ0) is 24.3. The summed E-state index contributed by atoms with van der Waals surface area (Å²) in [7, 11) is -7.39. The maximum Gasteiger partial charge on any atom is 0.261 e. The van der Waals surface area contributed by atoms with E-state index in [-0.39, 0.29) is 9.79 Å². The first-order chi connectivity index (χ1) is 16.1. The lowest BCUT2D eigenvalue weighted by Gasteiger charge is -2.11. The summed E-state index contributed by atoms with van der Waals surface area (Å²) in [6.07, 6.45) is 0. The van der Waals surface area contributed by atoms with Crippen molar-refractivity contribution in [3.8, 4) is 11.1 Å². The first kappa shape index (κ1) is 24.5. The zero-order valence-electron chi connectivity index (χ0n) is 17.4. The molecular formula is C24H18Br2N2O4S2. The highest BCUT2D eigenvalue weighted by atomic mass is 79.9. The molecule has 4 aromatic rings. The normalized spacial score (nSPS) is 11.7. The molecule has 0 heterocycles. The van der Waals surface area contributed by atoms with Gasteiger partial charge < -0.3 is 0 Å². The van der Waals surface area contributed by atoms with Gasteiger partial charge in [0.05, 0.1) is 9.79 Å². The maximum atomic E-state index is 12.6. The van der Waals surface area contributed by atoms with E-state index in [1.165, 1.54) is 24.3 Å². The number of hydrogen-bond donors (Lipinski definition) is 2. The van der Waals surface area contributed by atoms with Crippen molar-refractivity contribution < 1.29 is 16.8 Å². The molecule has 10 heteroatoms. The van der Waals surface area contributed by atoms with Crippen LogP contribution in [0.2, 0.25) is 0 Å². The van der Waals surface area contributed by atoms with Gasteiger partial charge in [0.25, 0.3) is 20.0 Å². The first-order valence-electron chi connectivity index (χ1n) is 9.90. The lowest BCUT2D eigenvalue weighted by Crippen LogP contribution is -2.12. The van der Waals surface area contributed by atoms with Gasteiger partial charge in [-0.3, -0.25) is 9.44 Å². The van der Waals surface area contributed by atoms with Gasteiger partial charge in [-0.25, -0.2) is 16.8 Å². The van der Waals surface area contributed by atoms with Crippen molar-refractivity contribution in [3.63, 3.8) is 0 Å². The van der Waals surface area contributed by atoms with Gasteiger partial charge in [-0.2, -0.15) is 0 Å². The fourth-order valence-corrected chi connectivity index (χ4v) is 5.76. The molecule has 4 rings (SSSR count). The van der Waals surface area contributed by atoms with E-state index in [0.717, 1.165) is 20.1 Å². The fourth-order valence-electron chi connectivity index (χ4n) is 3.12. The fraction of sp³-hybridized carbons (Fsp3) is 0. The van der Waals surface area contributed by atoms with Crippen LogP contribution in [0.5, 0.6) is 0 Å². The minimum Gasteiger partial charge on any atom is -0.280 e. The van der Waals surface area contributed by atoms with E-state index in [0.29, 0.717) is 11.4 Å². The van der Waals surface area contributed by atoms with Crippen molar-refractivity contribution in [1.29, 1.82) is 0 Å². The van der Waals surface area contributed by atoms with Crippen molar-refractivity contribution in [1.82, 2.24) is 0 Å². The van der Waals surface area contributed by atoms with Crippen LogP contribution < -0.4 is 9.44 Å². The number of halogens is 2. The van der Waals surface area contributed by atoms with Crippen molar-refractivity contribution in [2.75, 3.05) is 9.44 Å². The predicted molar refractivity (Wildman–Crippen MR) is 142 cm³/mol. The van der Waals surface area contributed by atoms with Gasteiger partial charge in [0.15, 0.2) is 0 Å². The molecule has 0 fully saturated rings. The minimum absolute atomic E-state index is 0.168. The summed E-state index contributed by atoms with van der Waals surface area (Å²) in [5.74, 6) is 0. The number of hydrogen-bond acceptors (Lipinski definition) is 4. The molecule has 0 aliphatic carbocycles. The van der Waals surface area contributed by atoms with Crippen molar-refractivity contribution in [2.45, 2.75) is 9.79 Å². The molecule has 0 spiro atoms. The summed E-state index contributed by atoms with van der Waals surface area (Å²) in [6.45, 7) is 0. The Morgan fingerprint density at radius 3 is 1.03 bits per heavy atom. The Labute approximate surface area is 215 Å². The maximum absolute atomic E-state index is 12.6. The molecule has 2 N–H and O–H groups in total. The number of sulfonamides is 2. The third-order valence-electron chi connectivity index (χ3n) is 4.86. The quantitative estimate of drug-likeness (QED) is 0.247. The SMILES string of the molecule is O=S(=O)(Nc1ccc(-c2ccc(NS(=O)(=O)c3ccc(Br)cc3)cc2)cc1)c1ccc(Br)cc1. The lowest BCUT2D eigenvalue weighted by atomic mass is 10.1. The van der Waals surface area contributed by atoms with Crippen molar-refractivity contribution in [2.24, 2.45) is 0 Å². The second-order valence-electron chi connectivity index (χ2n) is 7.27. The molecule has 0 saturated heterocycles. The van der Waals surface area contributed by atoms with Gasteiger partial charge in [0, 0.05) is 20.3 Å². The Morgan fingerprint density at radius 1 is 0.441 bits per heavy atom. The van der Waals surface area contributed by atoms with Gasteiger partial charge in [-0.05, 0) is 83.9 Å². The molecule has 0 saturated carbocycles. The third-order valence-corrected chi connectivity index (χ3v) is 8.71. The van der Waals surface area contributed by atoms with Crippen LogP contribution in [-0.4, -0.2) is 16.8 Å². The van der Waals surface area contributed by atoms with Gasteiger partial charge >= 0.3 is 0 Å². The molecule has 0 radical (unpaired) electrons. The highest BCUT2D eigenvalue weighted by Gasteiger charge is 2.15. The summed E-state index contributed by atoms with van der Waals surface area (Å²) in [5, 5.41) is 0. The van der Waals surface area contributed by atoms with Crippen molar-refractivity contribution in [3.05, 3.63) is 106 Å². The molecular weight excluding hydrogens is 604 g/mol. The minimum atomic E-state index is -3.69. The van der Waals surface area contributed by atoms with E-state index in [1.807, 2.05) is 0 Å². The number of benzene rings is 4. The average Bonchev–Trinajstić information content (AvgIpc) is 2.80. The Bertz CT molecular complexity index is 1390.